The fraction of sp³-hybridized carbons (Fsp3) is 0.900. The maximum atomic E-state index is 8.36. The maximum absolute atomic E-state index is 8.36. The van der Waals surface area contributed by atoms with E-state index >= 15 is 0 Å². The topological polar surface area (TPSA) is 23.8 Å². The second-order valence-corrected chi connectivity index (χ2v) is 4.04. The Morgan fingerprint density at radius 3 is 2.55 bits per heavy atom. The zero-order valence-electron chi connectivity index (χ0n) is 7.51. The molecule has 1 heteroatoms. The van der Waals surface area contributed by atoms with Crippen LogP contribution < -0.4 is 0 Å². The Bertz CT molecular complexity index is 149. The van der Waals surface area contributed by atoms with Gasteiger partial charge in [0.25, 0.3) is 0 Å². The van der Waals surface area contributed by atoms with Gasteiger partial charge in [0.2, 0.25) is 0 Å². The fourth-order valence-electron chi connectivity index (χ4n) is 1.84. The summed E-state index contributed by atoms with van der Waals surface area (Å²) in [7, 11) is 0. The molecule has 62 valence electrons. The minimum Gasteiger partial charge on any atom is -0.198 e. The van der Waals surface area contributed by atoms with Gasteiger partial charge in [-0.2, -0.15) is 5.26 Å². The molecule has 0 aromatic carbocycles. The van der Waals surface area contributed by atoms with E-state index in [4.69, 9.17) is 5.26 Å². The van der Waals surface area contributed by atoms with E-state index in [0.717, 1.165) is 30.6 Å². The van der Waals surface area contributed by atoms with Gasteiger partial charge >= 0.3 is 0 Å². The van der Waals surface area contributed by atoms with Crippen LogP contribution in [-0.4, -0.2) is 0 Å². The lowest BCUT2D eigenvalue weighted by Crippen LogP contribution is -2.27. The molecule has 0 aromatic heterocycles. The molecule has 0 unspecified atom stereocenters. The summed E-state index contributed by atoms with van der Waals surface area (Å²) in [4.78, 5) is 0. The second kappa shape index (κ2) is 3.76. The highest BCUT2D eigenvalue weighted by Gasteiger charge is 2.30. The average molecular weight is 151 g/mol. The molecule has 0 amide bonds. The van der Waals surface area contributed by atoms with Gasteiger partial charge in [0, 0.05) is 6.42 Å². The van der Waals surface area contributed by atoms with Crippen LogP contribution in [0.3, 0.4) is 0 Å². The molecule has 0 heterocycles. The molecule has 1 nitrogen and oxygen atoms in total. The smallest absolute Gasteiger partial charge is 0.0621 e. The van der Waals surface area contributed by atoms with Crippen molar-refractivity contribution >= 4 is 0 Å². The van der Waals surface area contributed by atoms with Crippen molar-refractivity contribution < 1.29 is 0 Å². The van der Waals surface area contributed by atoms with Gasteiger partial charge in [0.05, 0.1) is 6.07 Å². The Morgan fingerprint density at radius 2 is 2.09 bits per heavy atom. The first-order valence-corrected chi connectivity index (χ1v) is 4.61. The minimum absolute atomic E-state index is 0.759. The quantitative estimate of drug-likeness (QED) is 0.608. The van der Waals surface area contributed by atoms with E-state index in [9.17, 15) is 0 Å². The summed E-state index contributed by atoms with van der Waals surface area (Å²) in [5.74, 6) is 2.69. The Balaban J connectivity index is 2.06. The van der Waals surface area contributed by atoms with E-state index in [0.29, 0.717) is 0 Å². The van der Waals surface area contributed by atoms with Crippen molar-refractivity contribution in [3.63, 3.8) is 0 Å². The van der Waals surface area contributed by atoms with Crippen molar-refractivity contribution in [1.82, 2.24) is 0 Å². The standard InChI is InChI=1S/C10H17N/c1-8(2)10-6-9(7-10)4-3-5-11/h8-10H,3-4,6-7H2,1-2H3. The van der Waals surface area contributed by atoms with Crippen LogP contribution in [0.5, 0.6) is 0 Å². The third-order valence-electron chi connectivity index (χ3n) is 2.88. The van der Waals surface area contributed by atoms with Crippen LogP contribution in [0.15, 0.2) is 0 Å². The average Bonchev–Trinajstić information content (AvgIpc) is 1.84. The van der Waals surface area contributed by atoms with Gasteiger partial charge in [-0.05, 0) is 37.0 Å². The SMILES string of the molecule is CC(C)C1CC(CCC#N)C1. The number of nitrogens with zero attached hydrogens (tertiary/aromatic N) is 1. The van der Waals surface area contributed by atoms with Crippen LogP contribution in [0.1, 0.15) is 39.5 Å². The maximum Gasteiger partial charge on any atom is 0.0621 e. The Morgan fingerprint density at radius 1 is 1.45 bits per heavy atom. The van der Waals surface area contributed by atoms with Crippen LogP contribution >= 0.6 is 0 Å². The Labute approximate surface area is 69.4 Å². The zero-order chi connectivity index (χ0) is 8.27. The van der Waals surface area contributed by atoms with Gasteiger partial charge in [0.1, 0.15) is 0 Å². The largest absolute Gasteiger partial charge is 0.198 e. The zero-order valence-corrected chi connectivity index (χ0v) is 7.51. The second-order valence-electron chi connectivity index (χ2n) is 4.04. The lowest BCUT2D eigenvalue weighted by molar-refractivity contribution is 0.135. The summed E-state index contributed by atoms with van der Waals surface area (Å²) in [6.45, 7) is 4.59. The predicted molar refractivity (Wildman–Crippen MR) is 45.9 cm³/mol. The van der Waals surface area contributed by atoms with Crippen molar-refractivity contribution in [3.8, 4) is 6.07 Å². The molecule has 1 aliphatic rings. The molecule has 1 saturated carbocycles. The molecule has 0 radical (unpaired) electrons. The van der Waals surface area contributed by atoms with Crippen LogP contribution in [0, 0.1) is 29.1 Å². The van der Waals surface area contributed by atoms with Crippen LogP contribution in [0.2, 0.25) is 0 Å². The minimum atomic E-state index is 0.759. The number of hydrogen-bond acceptors (Lipinski definition) is 1. The number of hydrogen-bond donors (Lipinski definition) is 0. The first-order valence-electron chi connectivity index (χ1n) is 4.61. The van der Waals surface area contributed by atoms with Crippen molar-refractivity contribution in [2.24, 2.45) is 17.8 Å². The molecule has 1 aliphatic carbocycles. The molecule has 0 aromatic rings. The first-order chi connectivity index (χ1) is 5.24. The summed E-state index contributed by atoms with van der Waals surface area (Å²) in [6, 6.07) is 2.21. The highest BCUT2D eigenvalue weighted by Crippen LogP contribution is 2.40. The van der Waals surface area contributed by atoms with Crippen molar-refractivity contribution in [3.05, 3.63) is 0 Å². The monoisotopic (exact) mass is 151 g/mol. The van der Waals surface area contributed by atoms with Gasteiger partial charge in [-0.3, -0.25) is 0 Å². The van der Waals surface area contributed by atoms with Gasteiger partial charge in [-0.25, -0.2) is 0 Å². The van der Waals surface area contributed by atoms with Crippen LogP contribution in [-0.2, 0) is 0 Å². The highest BCUT2D eigenvalue weighted by molar-refractivity contribution is 4.83. The van der Waals surface area contributed by atoms with Gasteiger partial charge in [-0.1, -0.05) is 13.8 Å². The molecule has 0 atom stereocenters. The van der Waals surface area contributed by atoms with Gasteiger partial charge < -0.3 is 0 Å². The summed E-state index contributed by atoms with van der Waals surface area (Å²) in [5.41, 5.74) is 0. The van der Waals surface area contributed by atoms with Crippen molar-refractivity contribution in [2.45, 2.75) is 39.5 Å². The molecule has 0 aliphatic heterocycles. The lowest BCUT2D eigenvalue weighted by atomic mass is 9.68. The van der Waals surface area contributed by atoms with Crippen LogP contribution in [0.25, 0.3) is 0 Å². The summed E-state index contributed by atoms with van der Waals surface area (Å²) < 4.78 is 0. The normalized spacial score (nSPS) is 29.6. The molecule has 11 heavy (non-hydrogen) atoms. The predicted octanol–water partition coefficient (Wildman–Crippen LogP) is 2.97. The third kappa shape index (κ3) is 2.22. The summed E-state index contributed by atoms with van der Waals surface area (Å²) in [6.07, 6.45) is 4.65. The molecular weight excluding hydrogens is 134 g/mol. The van der Waals surface area contributed by atoms with E-state index < -0.39 is 0 Å². The van der Waals surface area contributed by atoms with E-state index in [2.05, 4.69) is 19.9 Å². The molecule has 0 saturated heterocycles. The molecule has 0 spiro atoms. The van der Waals surface area contributed by atoms with Crippen LogP contribution in [0.4, 0.5) is 0 Å². The molecular formula is C10H17N. The molecule has 1 fully saturated rings. The van der Waals surface area contributed by atoms with Crippen molar-refractivity contribution in [2.75, 3.05) is 0 Å². The van der Waals surface area contributed by atoms with E-state index in [-0.39, 0.29) is 0 Å². The summed E-state index contributed by atoms with van der Waals surface area (Å²) >= 11 is 0. The first kappa shape index (κ1) is 8.59. The lowest BCUT2D eigenvalue weighted by Gasteiger charge is -2.37. The fourth-order valence-corrected chi connectivity index (χ4v) is 1.84. The van der Waals surface area contributed by atoms with Gasteiger partial charge in [-0.15, -0.1) is 0 Å². The molecule has 1 rings (SSSR count). The van der Waals surface area contributed by atoms with Gasteiger partial charge in [0.15, 0.2) is 0 Å². The highest BCUT2D eigenvalue weighted by atomic mass is 14.4. The number of rotatable bonds is 3. The molecule has 0 bridgehead atoms. The Kier molecular flexibility index (Phi) is 2.93. The molecule has 0 N–H and O–H groups in total. The van der Waals surface area contributed by atoms with E-state index in [1.54, 1.807) is 0 Å². The summed E-state index contributed by atoms with van der Waals surface area (Å²) in [5, 5.41) is 8.36. The van der Waals surface area contributed by atoms with E-state index in [1.165, 1.54) is 12.8 Å². The number of nitriles is 1. The van der Waals surface area contributed by atoms with Crippen molar-refractivity contribution in [1.29, 1.82) is 5.26 Å². The van der Waals surface area contributed by atoms with E-state index in [1.807, 2.05) is 0 Å². The Hall–Kier alpha value is -0.510. The third-order valence-corrected chi connectivity index (χ3v) is 2.88.